The van der Waals surface area contributed by atoms with E-state index in [1.54, 1.807) is 4.68 Å². The molecule has 0 aromatic carbocycles. The molecule has 0 aliphatic rings. The van der Waals surface area contributed by atoms with Gasteiger partial charge in [0.2, 0.25) is 0 Å². The summed E-state index contributed by atoms with van der Waals surface area (Å²) in [6.45, 7) is 8.65. The molecule has 0 bridgehead atoms. The first-order valence-corrected chi connectivity index (χ1v) is 6.74. The molecule has 0 radical (unpaired) electrons. The summed E-state index contributed by atoms with van der Waals surface area (Å²) in [4.78, 5) is 11.8. The second-order valence-electron chi connectivity index (χ2n) is 4.45. The summed E-state index contributed by atoms with van der Waals surface area (Å²) >= 11 is 6.24. The minimum atomic E-state index is 0.0304. The third-order valence-corrected chi connectivity index (χ3v) is 3.07. The predicted octanol–water partition coefficient (Wildman–Crippen LogP) is 2.66. The Kier molecular flexibility index (Phi) is 5.82. The monoisotopic (exact) mass is 272 g/mol. The number of hydrogen-bond acceptors (Lipinski definition) is 3. The zero-order valence-electron chi connectivity index (χ0n) is 11.5. The average Bonchev–Trinajstić information content (AvgIpc) is 2.63. The van der Waals surface area contributed by atoms with Crippen molar-refractivity contribution in [1.29, 1.82) is 0 Å². The molecule has 102 valence electrons. The Labute approximate surface area is 113 Å². The van der Waals surface area contributed by atoms with Crippen molar-refractivity contribution in [1.82, 2.24) is 9.78 Å². The molecule has 1 aromatic rings. The molecule has 0 spiro atoms. The first-order chi connectivity index (χ1) is 8.49. The Balaban J connectivity index is 2.77. The highest BCUT2D eigenvalue weighted by Gasteiger charge is 2.17. The number of halogens is 1. The number of hydrogen-bond donors (Lipinski definition) is 0. The molecule has 0 aliphatic heterocycles. The number of carbonyl (C=O) groups excluding carboxylic acids is 1. The molecule has 0 amide bonds. The topological polar surface area (TPSA) is 44.1 Å². The lowest BCUT2D eigenvalue weighted by Gasteiger charge is -2.07. The molecular weight excluding hydrogens is 252 g/mol. The van der Waals surface area contributed by atoms with E-state index in [9.17, 15) is 4.79 Å². The van der Waals surface area contributed by atoms with Gasteiger partial charge in [-0.25, -0.2) is 0 Å². The van der Waals surface area contributed by atoms with Crippen LogP contribution in [-0.2, 0) is 28.9 Å². The summed E-state index contributed by atoms with van der Waals surface area (Å²) < 4.78 is 7.10. The lowest BCUT2D eigenvalue weighted by molar-refractivity contribution is -0.124. The van der Waals surface area contributed by atoms with Crippen LogP contribution in [0.1, 0.15) is 39.1 Å². The van der Waals surface area contributed by atoms with E-state index in [1.165, 1.54) is 0 Å². The van der Waals surface area contributed by atoms with Gasteiger partial charge in [-0.3, -0.25) is 9.48 Å². The van der Waals surface area contributed by atoms with Gasteiger partial charge in [-0.05, 0) is 27.2 Å². The molecule has 0 saturated heterocycles. The standard InChI is InChI=1S/C13H21ClN2O2/c1-5-11-13(14)12(16(6-2)15-11)7-10(17)8-18-9(3)4/h9H,5-8H2,1-4H3. The van der Waals surface area contributed by atoms with Gasteiger partial charge in [-0.2, -0.15) is 5.10 Å². The number of ether oxygens (including phenoxy) is 1. The quantitative estimate of drug-likeness (QED) is 0.766. The molecule has 5 heteroatoms. The van der Waals surface area contributed by atoms with Crippen molar-refractivity contribution in [3.05, 3.63) is 16.4 Å². The molecule has 1 rings (SSSR count). The molecule has 0 N–H and O–H groups in total. The number of ketones is 1. The Morgan fingerprint density at radius 3 is 2.61 bits per heavy atom. The molecule has 0 aliphatic carbocycles. The number of aromatic nitrogens is 2. The van der Waals surface area contributed by atoms with Crippen molar-refractivity contribution in [2.45, 2.75) is 53.2 Å². The van der Waals surface area contributed by atoms with E-state index in [2.05, 4.69) is 5.10 Å². The van der Waals surface area contributed by atoms with E-state index in [1.807, 2.05) is 27.7 Å². The Morgan fingerprint density at radius 1 is 1.44 bits per heavy atom. The smallest absolute Gasteiger partial charge is 0.164 e. The fourth-order valence-electron chi connectivity index (χ4n) is 1.68. The van der Waals surface area contributed by atoms with Crippen LogP contribution >= 0.6 is 11.6 Å². The van der Waals surface area contributed by atoms with Gasteiger partial charge < -0.3 is 4.74 Å². The third kappa shape index (κ3) is 3.82. The molecule has 0 fully saturated rings. The number of carbonyl (C=O) groups is 1. The lowest BCUT2D eigenvalue weighted by Crippen LogP contribution is -2.17. The Bertz CT molecular complexity index is 413. The first kappa shape index (κ1) is 15.2. The summed E-state index contributed by atoms with van der Waals surface area (Å²) in [6, 6.07) is 0. The van der Waals surface area contributed by atoms with Crippen LogP contribution in [0.4, 0.5) is 0 Å². The van der Waals surface area contributed by atoms with Gasteiger partial charge in [0.05, 0.1) is 28.9 Å². The van der Waals surface area contributed by atoms with E-state index in [4.69, 9.17) is 16.3 Å². The Morgan fingerprint density at radius 2 is 2.11 bits per heavy atom. The predicted molar refractivity (Wildman–Crippen MR) is 72.1 cm³/mol. The van der Waals surface area contributed by atoms with Crippen molar-refractivity contribution in [3.8, 4) is 0 Å². The molecule has 1 aromatic heterocycles. The fourth-order valence-corrected chi connectivity index (χ4v) is 2.02. The summed E-state index contributed by atoms with van der Waals surface area (Å²) in [7, 11) is 0. The van der Waals surface area contributed by atoms with Crippen LogP contribution in [0.5, 0.6) is 0 Å². The summed E-state index contributed by atoms with van der Waals surface area (Å²) in [5.74, 6) is 0.0304. The van der Waals surface area contributed by atoms with Crippen molar-refractivity contribution in [2.75, 3.05) is 6.61 Å². The summed E-state index contributed by atoms with van der Waals surface area (Å²) in [5, 5.41) is 5.01. The maximum Gasteiger partial charge on any atom is 0.164 e. The van der Waals surface area contributed by atoms with Crippen molar-refractivity contribution in [2.24, 2.45) is 0 Å². The van der Waals surface area contributed by atoms with Crippen molar-refractivity contribution in [3.63, 3.8) is 0 Å². The highest BCUT2D eigenvalue weighted by atomic mass is 35.5. The van der Waals surface area contributed by atoms with E-state index in [0.717, 1.165) is 17.8 Å². The van der Waals surface area contributed by atoms with E-state index >= 15 is 0 Å². The van der Waals surface area contributed by atoms with Gasteiger partial charge >= 0.3 is 0 Å². The number of rotatable bonds is 7. The molecule has 4 nitrogen and oxygen atoms in total. The van der Waals surface area contributed by atoms with E-state index in [0.29, 0.717) is 11.6 Å². The van der Waals surface area contributed by atoms with Gasteiger partial charge in [-0.15, -0.1) is 0 Å². The van der Waals surface area contributed by atoms with Gasteiger partial charge in [-0.1, -0.05) is 18.5 Å². The second-order valence-corrected chi connectivity index (χ2v) is 4.83. The fraction of sp³-hybridized carbons (Fsp3) is 0.692. The average molecular weight is 273 g/mol. The first-order valence-electron chi connectivity index (χ1n) is 6.36. The summed E-state index contributed by atoms with van der Waals surface area (Å²) in [5.41, 5.74) is 1.65. The van der Waals surface area contributed by atoms with Gasteiger partial charge in [0.1, 0.15) is 6.61 Å². The van der Waals surface area contributed by atoms with Crippen LogP contribution in [0, 0.1) is 0 Å². The molecule has 0 saturated carbocycles. The van der Waals surface area contributed by atoms with Crippen LogP contribution < -0.4 is 0 Å². The maximum atomic E-state index is 11.8. The second kappa shape index (κ2) is 6.90. The third-order valence-electron chi connectivity index (χ3n) is 2.64. The highest BCUT2D eigenvalue weighted by molar-refractivity contribution is 6.32. The highest BCUT2D eigenvalue weighted by Crippen LogP contribution is 2.22. The number of nitrogens with zero attached hydrogens (tertiary/aromatic N) is 2. The van der Waals surface area contributed by atoms with Crippen molar-refractivity contribution >= 4 is 17.4 Å². The van der Waals surface area contributed by atoms with Gasteiger partial charge in [0.15, 0.2) is 5.78 Å². The molecule has 1 heterocycles. The Hall–Kier alpha value is -0.870. The van der Waals surface area contributed by atoms with Crippen LogP contribution in [0.25, 0.3) is 0 Å². The van der Waals surface area contributed by atoms with Crippen molar-refractivity contribution < 1.29 is 9.53 Å². The number of aryl methyl sites for hydroxylation is 2. The normalized spacial score (nSPS) is 11.2. The molecule has 0 unspecified atom stereocenters. The van der Waals surface area contributed by atoms with Crippen LogP contribution in [0.2, 0.25) is 5.02 Å². The minimum absolute atomic E-state index is 0.0304. The van der Waals surface area contributed by atoms with Gasteiger partial charge in [0.25, 0.3) is 0 Å². The van der Waals surface area contributed by atoms with E-state index in [-0.39, 0.29) is 24.9 Å². The zero-order valence-corrected chi connectivity index (χ0v) is 12.3. The molecular formula is C13H21ClN2O2. The van der Waals surface area contributed by atoms with Crippen LogP contribution in [0.3, 0.4) is 0 Å². The summed E-state index contributed by atoms with van der Waals surface area (Å²) in [6.07, 6.45) is 1.12. The number of Topliss-reactive ketones (excluding diaryl/α,β-unsaturated/α-hetero) is 1. The van der Waals surface area contributed by atoms with E-state index < -0.39 is 0 Å². The maximum absolute atomic E-state index is 11.8. The van der Waals surface area contributed by atoms with Crippen LogP contribution in [0.15, 0.2) is 0 Å². The van der Waals surface area contributed by atoms with Gasteiger partial charge in [0, 0.05) is 6.54 Å². The van der Waals surface area contributed by atoms with Crippen LogP contribution in [-0.4, -0.2) is 28.3 Å². The zero-order chi connectivity index (χ0) is 13.7. The largest absolute Gasteiger partial charge is 0.371 e. The molecule has 0 atom stereocenters. The minimum Gasteiger partial charge on any atom is -0.371 e. The molecule has 18 heavy (non-hydrogen) atoms. The lowest BCUT2D eigenvalue weighted by atomic mass is 10.2. The SMILES string of the molecule is CCc1nn(CC)c(CC(=O)COC(C)C)c1Cl.